The number of hydrogen-bond donors (Lipinski definition) is 2. The standard InChI is InChI=1S/C11H16ClN3O2/c1-3-7(6-17-2)14-11(16)10-8(12)4-5-9(13)15-10/h4-5,7H,3,6H2,1-2H3,(H2,13,15)(H,14,16). The Morgan fingerprint density at radius 1 is 1.65 bits per heavy atom. The molecule has 0 saturated heterocycles. The van der Waals surface area contributed by atoms with Crippen molar-refractivity contribution < 1.29 is 9.53 Å². The van der Waals surface area contributed by atoms with Gasteiger partial charge in [-0.3, -0.25) is 4.79 Å². The van der Waals surface area contributed by atoms with Crippen LogP contribution in [0.1, 0.15) is 23.8 Å². The molecule has 0 fully saturated rings. The average molecular weight is 258 g/mol. The summed E-state index contributed by atoms with van der Waals surface area (Å²) in [6.45, 7) is 2.40. The minimum atomic E-state index is -0.341. The minimum absolute atomic E-state index is 0.0632. The first-order valence-electron chi connectivity index (χ1n) is 5.30. The third-order valence-electron chi connectivity index (χ3n) is 2.28. The van der Waals surface area contributed by atoms with E-state index >= 15 is 0 Å². The van der Waals surface area contributed by atoms with Gasteiger partial charge < -0.3 is 15.8 Å². The molecule has 1 unspecified atom stereocenters. The van der Waals surface area contributed by atoms with Crippen LogP contribution in [-0.4, -0.2) is 30.6 Å². The molecule has 1 aromatic heterocycles. The number of aromatic nitrogens is 1. The molecule has 1 atom stereocenters. The molecule has 0 aromatic carbocycles. The Hall–Kier alpha value is -1.33. The second-order valence-electron chi connectivity index (χ2n) is 3.60. The van der Waals surface area contributed by atoms with E-state index in [2.05, 4.69) is 10.3 Å². The summed E-state index contributed by atoms with van der Waals surface area (Å²) in [5.41, 5.74) is 5.65. The molecule has 3 N–H and O–H groups in total. The number of hydrogen-bond acceptors (Lipinski definition) is 4. The van der Waals surface area contributed by atoms with Gasteiger partial charge in [0.1, 0.15) is 11.5 Å². The quantitative estimate of drug-likeness (QED) is 0.838. The zero-order valence-corrected chi connectivity index (χ0v) is 10.6. The van der Waals surface area contributed by atoms with Crippen molar-refractivity contribution in [3.8, 4) is 0 Å². The molecule has 0 aliphatic carbocycles. The van der Waals surface area contributed by atoms with E-state index in [0.717, 1.165) is 6.42 Å². The first-order valence-corrected chi connectivity index (χ1v) is 5.68. The molecule has 5 nitrogen and oxygen atoms in total. The van der Waals surface area contributed by atoms with E-state index < -0.39 is 0 Å². The molecule has 6 heteroatoms. The number of methoxy groups -OCH3 is 1. The molecule has 0 radical (unpaired) electrons. The maximum atomic E-state index is 11.9. The molecule has 94 valence electrons. The number of ether oxygens (including phenoxy) is 1. The summed E-state index contributed by atoms with van der Waals surface area (Å²) in [6.07, 6.45) is 0.763. The second-order valence-corrected chi connectivity index (χ2v) is 4.01. The largest absolute Gasteiger partial charge is 0.384 e. The van der Waals surface area contributed by atoms with Crippen molar-refractivity contribution in [2.75, 3.05) is 19.5 Å². The summed E-state index contributed by atoms with van der Waals surface area (Å²) in [7, 11) is 1.58. The van der Waals surface area contributed by atoms with E-state index in [0.29, 0.717) is 6.61 Å². The van der Waals surface area contributed by atoms with Gasteiger partial charge in [0.2, 0.25) is 0 Å². The van der Waals surface area contributed by atoms with Crippen LogP contribution in [0.4, 0.5) is 5.82 Å². The number of nitrogens with zero attached hydrogens (tertiary/aromatic N) is 1. The molecular formula is C11H16ClN3O2. The van der Waals surface area contributed by atoms with Crippen molar-refractivity contribution in [3.05, 3.63) is 22.8 Å². The molecule has 17 heavy (non-hydrogen) atoms. The molecule has 0 aliphatic rings. The first kappa shape index (κ1) is 13.7. The fraction of sp³-hybridized carbons (Fsp3) is 0.455. The lowest BCUT2D eigenvalue weighted by Crippen LogP contribution is -2.38. The molecule has 1 amide bonds. The fourth-order valence-electron chi connectivity index (χ4n) is 1.33. The van der Waals surface area contributed by atoms with Crippen molar-refractivity contribution in [1.29, 1.82) is 0 Å². The zero-order valence-electron chi connectivity index (χ0n) is 9.87. The summed E-state index contributed by atoms with van der Waals surface area (Å²) in [5.74, 6) is -0.0782. The van der Waals surface area contributed by atoms with Crippen molar-refractivity contribution in [3.63, 3.8) is 0 Å². The average Bonchev–Trinajstić information content (AvgIpc) is 2.31. The number of nitrogens with two attached hydrogens (primary N) is 1. The van der Waals surface area contributed by atoms with Gasteiger partial charge in [0.05, 0.1) is 17.7 Å². The van der Waals surface area contributed by atoms with E-state index in [9.17, 15) is 4.79 Å². The van der Waals surface area contributed by atoms with Gasteiger partial charge in [-0.05, 0) is 18.6 Å². The highest BCUT2D eigenvalue weighted by molar-refractivity contribution is 6.33. The summed E-state index contributed by atoms with van der Waals surface area (Å²) >= 11 is 5.88. The maximum absolute atomic E-state index is 11.9. The van der Waals surface area contributed by atoms with Crippen LogP contribution < -0.4 is 11.1 Å². The Bertz CT molecular complexity index is 398. The summed E-state index contributed by atoms with van der Waals surface area (Å²) in [5, 5.41) is 3.07. The lowest BCUT2D eigenvalue weighted by molar-refractivity contribution is 0.0890. The lowest BCUT2D eigenvalue weighted by atomic mass is 10.2. The number of amides is 1. The van der Waals surface area contributed by atoms with E-state index in [4.69, 9.17) is 22.1 Å². The second kappa shape index (κ2) is 6.42. The fourth-order valence-corrected chi connectivity index (χ4v) is 1.52. The molecule has 1 aromatic rings. The molecule has 1 rings (SSSR count). The van der Waals surface area contributed by atoms with Gasteiger partial charge in [-0.25, -0.2) is 4.98 Å². The van der Waals surface area contributed by atoms with Gasteiger partial charge in [-0.2, -0.15) is 0 Å². The van der Waals surface area contributed by atoms with Crippen molar-refractivity contribution in [2.24, 2.45) is 0 Å². The molecule has 0 spiro atoms. The Morgan fingerprint density at radius 2 is 2.35 bits per heavy atom. The first-order chi connectivity index (χ1) is 8.08. The smallest absolute Gasteiger partial charge is 0.271 e. The highest BCUT2D eigenvalue weighted by atomic mass is 35.5. The number of carbonyl (C=O) groups excluding carboxylic acids is 1. The number of halogens is 1. The number of pyridine rings is 1. The monoisotopic (exact) mass is 257 g/mol. The molecular weight excluding hydrogens is 242 g/mol. The van der Waals surface area contributed by atoms with Crippen LogP contribution in [0.15, 0.2) is 12.1 Å². The Morgan fingerprint density at radius 3 is 2.94 bits per heavy atom. The van der Waals surface area contributed by atoms with Crippen LogP contribution in [0, 0.1) is 0 Å². The predicted molar refractivity (Wildman–Crippen MR) is 67.1 cm³/mol. The minimum Gasteiger partial charge on any atom is -0.384 e. The van der Waals surface area contributed by atoms with Gasteiger partial charge in [-0.15, -0.1) is 0 Å². The highest BCUT2D eigenvalue weighted by Crippen LogP contribution is 2.15. The SMILES string of the molecule is CCC(COC)NC(=O)c1nc(N)ccc1Cl. The molecule has 0 aliphatic heterocycles. The van der Waals surface area contributed by atoms with Crippen LogP contribution in [0.3, 0.4) is 0 Å². The number of rotatable bonds is 5. The van der Waals surface area contributed by atoms with Crippen LogP contribution in [0.5, 0.6) is 0 Å². The maximum Gasteiger partial charge on any atom is 0.271 e. The summed E-state index contributed by atoms with van der Waals surface area (Å²) in [6, 6.07) is 3.04. The highest BCUT2D eigenvalue weighted by Gasteiger charge is 2.16. The normalized spacial score (nSPS) is 12.2. The third kappa shape index (κ3) is 3.87. The van der Waals surface area contributed by atoms with Gasteiger partial charge >= 0.3 is 0 Å². The van der Waals surface area contributed by atoms with E-state index in [1.54, 1.807) is 19.2 Å². The lowest BCUT2D eigenvalue weighted by Gasteiger charge is -2.16. The van der Waals surface area contributed by atoms with E-state index in [1.807, 2.05) is 6.92 Å². The van der Waals surface area contributed by atoms with Crippen LogP contribution in [0.2, 0.25) is 5.02 Å². The molecule has 0 bridgehead atoms. The van der Waals surface area contributed by atoms with E-state index in [-0.39, 0.29) is 28.5 Å². The Labute approximate surface area is 105 Å². The molecule has 0 saturated carbocycles. The Kier molecular flexibility index (Phi) is 5.18. The summed E-state index contributed by atoms with van der Waals surface area (Å²) in [4.78, 5) is 15.8. The van der Waals surface area contributed by atoms with Gasteiger partial charge in [0, 0.05) is 7.11 Å². The van der Waals surface area contributed by atoms with Crippen molar-refractivity contribution in [1.82, 2.24) is 10.3 Å². The summed E-state index contributed by atoms with van der Waals surface area (Å²) < 4.78 is 4.99. The number of anilines is 1. The number of nitrogen functional groups attached to an aromatic ring is 1. The Balaban J connectivity index is 2.78. The zero-order chi connectivity index (χ0) is 12.8. The predicted octanol–water partition coefficient (Wildman–Crippen LogP) is 1.47. The van der Waals surface area contributed by atoms with Gasteiger partial charge in [0.25, 0.3) is 5.91 Å². The third-order valence-corrected chi connectivity index (χ3v) is 2.58. The van der Waals surface area contributed by atoms with Gasteiger partial charge in [0.15, 0.2) is 0 Å². The van der Waals surface area contributed by atoms with Gasteiger partial charge in [-0.1, -0.05) is 18.5 Å². The topological polar surface area (TPSA) is 77.2 Å². The van der Waals surface area contributed by atoms with Crippen molar-refractivity contribution >= 4 is 23.3 Å². The number of nitrogens with one attached hydrogen (secondary N) is 1. The molecule has 1 heterocycles. The van der Waals surface area contributed by atoms with Crippen LogP contribution >= 0.6 is 11.6 Å². The van der Waals surface area contributed by atoms with Crippen LogP contribution in [-0.2, 0) is 4.74 Å². The van der Waals surface area contributed by atoms with Crippen molar-refractivity contribution in [2.45, 2.75) is 19.4 Å². The number of carbonyl (C=O) groups is 1. The van der Waals surface area contributed by atoms with Crippen LogP contribution in [0.25, 0.3) is 0 Å². The van der Waals surface area contributed by atoms with E-state index in [1.165, 1.54) is 0 Å².